The molecule has 1 aliphatic rings. The number of hydrogen-bond acceptors (Lipinski definition) is 12. The number of methoxy groups -OCH3 is 2. The molecule has 0 unspecified atom stereocenters. The number of carbonyl (C=O) groups excluding carboxylic acids is 1. The number of nitro groups is 1. The molecule has 0 bridgehead atoms. The van der Waals surface area contributed by atoms with Gasteiger partial charge in [-0.1, -0.05) is 73.4 Å². The van der Waals surface area contributed by atoms with Crippen LogP contribution in [-0.4, -0.2) is 84.6 Å². The highest BCUT2D eigenvalue weighted by molar-refractivity contribution is 5.93. The molecule has 0 aliphatic carbocycles. The van der Waals surface area contributed by atoms with E-state index >= 15 is 0 Å². The van der Waals surface area contributed by atoms with Gasteiger partial charge >= 0.3 is 5.95 Å². The van der Waals surface area contributed by atoms with Crippen molar-refractivity contribution in [2.24, 2.45) is 5.92 Å². The zero-order valence-corrected chi connectivity index (χ0v) is 31.7. The summed E-state index contributed by atoms with van der Waals surface area (Å²) in [4.78, 5) is 54.3. The summed E-state index contributed by atoms with van der Waals surface area (Å²) < 4.78 is 27.2. The molecule has 0 spiro atoms. The molecule has 2 N–H and O–H groups in total. The van der Waals surface area contributed by atoms with Gasteiger partial charge in [0.1, 0.15) is 41.8 Å². The average Bonchev–Trinajstić information content (AvgIpc) is 3.98. The van der Waals surface area contributed by atoms with Crippen LogP contribution >= 0.6 is 0 Å². The van der Waals surface area contributed by atoms with Gasteiger partial charge in [-0.2, -0.15) is 4.98 Å². The lowest BCUT2D eigenvalue weighted by molar-refractivity contribution is -0.396. The second kappa shape index (κ2) is 16.4. The third-order valence-electron chi connectivity index (χ3n) is 10.0. The molecule has 0 saturated carbocycles. The van der Waals surface area contributed by atoms with Crippen LogP contribution in [0.4, 0.5) is 11.9 Å². The minimum atomic E-state index is -1.16. The summed E-state index contributed by atoms with van der Waals surface area (Å²) in [6, 6.07) is 24.9. The Kier molecular flexibility index (Phi) is 11.1. The van der Waals surface area contributed by atoms with E-state index in [4.69, 9.17) is 18.9 Å². The van der Waals surface area contributed by atoms with Crippen LogP contribution in [-0.2, 0) is 26.4 Å². The van der Waals surface area contributed by atoms with Crippen molar-refractivity contribution in [3.63, 3.8) is 0 Å². The molecule has 1 fully saturated rings. The molecule has 17 heteroatoms. The summed E-state index contributed by atoms with van der Waals surface area (Å²) in [7, 11) is 3.20. The normalized spacial score (nSPS) is 16.9. The van der Waals surface area contributed by atoms with Gasteiger partial charge in [0.05, 0.1) is 46.3 Å². The third kappa shape index (κ3) is 7.59. The lowest BCUT2D eigenvalue weighted by Gasteiger charge is -2.37. The van der Waals surface area contributed by atoms with Crippen molar-refractivity contribution in [2.75, 3.05) is 32.3 Å². The van der Waals surface area contributed by atoms with Crippen LogP contribution in [0, 0.1) is 16.0 Å². The first-order valence-electron chi connectivity index (χ1n) is 18.3. The molecule has 296 valence electrons. The fourth-order valence-electron chi connectivity index (χ4n) is 7.06. The maximum atomic E-state index is 13.5. The lowest BCUT2D eigenvalue weighted by Crippen LogP contribution is -2.39. The SMILES string of the molecule is COc1ccc(C(OC[C@H]2O[C@@H](n3cnc4c(=O)[nH]c(N(CCn5ccnc5[N+](=O)[O-])C(=O)C(C)C)nc43)C[C@@H]2O)(c2ccccc2)c2ccc(OC)cc2)cc1. The van der Waals surface area contributed by atoms with Crippen LogP contribution in [0.25, 0.3) is 11.2 Å². The van der Waals surface area contributed by atoms with E-state index in [1.807, 2.05) is 78.9 Å². The minimum Gasteiger partial charge on any atom is -0.497 e. The third-order valence-corrected chi connectivity index (χ3v) is 10.0. The van der Waals surface area contributed by atoms with Crippen molar-refractivity contribution < 1.29 is 33.8 Å². The quantitative estimate of drug-likeness (QED) is 0.0836. The van der Waals surface area contributed by atoms with E-state index < -0.39 is 40.4 Å². The number of aliphatic hydroxyl groups excluding tert-OH is 1. The number of anilines is 1. The van der Waals surface area contributed by atoms with Gasteiger partial charge in [0.15, 0.2) is 11.2 Å². The number of aromatic nitrogens is 6. The molecule has 0 radical (unpaired) electrons. The van der Waals surface area contributed by atoms with E-state index in [1.165, 1.54) is 28.2 Å². The van der Waals surface area contributed by atoms with Crippen molar-refractivity contribution in [3.05, 3.63) is 135 Å². The standard InChI is InChI=1S/C40H42N8O9/c1-25(2)37(51)46(21-20-45-19-18-41-39(45)48(52)53)38-43-35-34(36(50)44-38)42-24-47(35)33-22-31(49)32(57-33)23-56-40(26-8-6-5-7-9-26,27-10-14-29(54-3)15-11-27)28-12-16-30(55-4)17-13-28/h5-19,24-25,31-33,49H,20-23H2,1-4H3,(H,43,44,50)/t31-,32+,33+/m0/s1. The van der Waals surface area contributed by atoms with Crippen LogP contribution in [0.1, 0.15) is 43.2 Å². The largest absolute Gasteiger partial charge is 0.497 e. The summed E-state index contributed by atoms with van der Waals surface area (Å²) in [5.74, 6) is 0.0326. The highest BCUT2D eigenvalue weighted by atomic mass is 16.6. The van der Waals surface area contributed by atoms with Gasteiger partial charge in [-0.3, -0.25) is 24.0 Å². The fourth-order valence-corrected chi connectivity index (χ4v) is 7.06. The number of hydrogen-bond donors (Lipinski definition) is 2. The molecular formula is C40H42N8O9. The molecule has 4 heterocycles. The Hall–Kier alpha value is -6.43. The predicted octanol–water partition coefficient (Wildman–Crippen LogP) is 4.59. The summed E-state index contributed by atoms with van der Waals surface area (Å²) in [6.07, 6.45) is 1.64. The maximum absolute atomic E-state index is 13.5. The Bertz CT molecular complexity index is 2350. The zero-order chi connectivity index (χ0) is 40.3. The molecule has 3 atom stereocenters. The molecule has 1 aliphatic heterocycles. The molecular weight excluding hydrogens is 736 g/mol. The molecule has 6 aromatic rings. The first-order valence-corrected chi connectivity index (χ1v) is 18.3. The van der Waals surface area contributed by atoms with Crippen LogP contribution in [0.15, 0.2) is 102 Å². The van der Waals surface area contributed by atoms with Crippen molar-refractivity contribution in [1.82, 2.24) is 29.1 Å². The lowest BCUT2D eigenvalue weighted by atomic mass is 9.80. The van der Waals surface area contributed by atoms with Crippen molar-refractivity contribution in [2.45, 2.75) is 50.8 Å². The van der Waals surface area contributed by atoms with E-state index in [0.29, 0.717) is 11.5 Å². The monoisotopic (exact) mass is 778 g/mol. The molecule has 17 nitrogen and oxygen atoms in total. The van der Waals surface area contributed by atoms with Crippen LogP contribution < -0.4 is 19.9 Å². The van der Waals surface area contributed by atoms with E-state index in [2.05, 4.69) is 19.9 Å². The Morgan fingerprint density at radius 3 is 2.25 bits per heavy atom. The molecule has 3 aromatic heterocycles. The van der Waals surface area contributed by atoms with Gasteiger partial charge in [0.2, 0.25) is 11.9 Å². The second-order valence-corrected chi connectivity index (χ2v) is 13.8. The van der Waals surface area contributed by atoms with E-state index in [9.17, 15) is 24.8 Å². The average molecular weight is 779 g/mol. The number of amides is 1. The zero-order valence-electron chi connectivity index (χ0n) is 31.7. The number of fused-ring (bicyclic) bond motifs is 1. The van der Waals surface area contributed by atoms with E-state index in [-0.39, 0.29) is 55.1 Å². The van der Waals surface area contributed by atoms with Crippen LogP contribution in [0.3, 0.4) is 0 Å². The van der Waals surface area contributed by atoms with Crippen molar-refractivity contribution in [1.29, 1.82) is 0 Å². The number of imidazole rings is 2. The van der Waals surface area contributed by atoms with Gasteiger partial charge in [0.25, 0.3) is 5.56 Å². The number of aromatic amines is 1. The van der Waals surface area contributed by atoms with Crippen LogP contribution in [0.5, 0.6) is 11.5 Å². The van der Waals surface area contributed by atoms with E-state index in [1.54, 1.807) is 32.6 Å². The molecule has 3 aromatic carbocycles. The predicted molar refractivity (Wildman–Crippen MR) is 207 cm³/mol. The van der Waals surface area contributed by atoms with Crippen molar-refractivity contribution in [3.8, 4) is 11.5 Å². The second-order valence-electron chi connectivity index (χ2n) is 13.8. The number of nitrogens with one attached hydrogen (secondary N) is 1. The first-order chi connectivity index (χ1) is 27.5. The minimum absolute atomic E-state index is 0.000777. The molecule has 1 saturated heterocycles. The Labute approximate surface area is 326 Å². The summed E-state index contributed by atoms with van der Waals surface area (Å²) in [6.45, 7) is 3.30. The van der Waals surface area contributed by atoms with Gasteiger partial charge in [-0.05, 0) is 45.9 Å². The highest BCUT2D eigenvalue weighted by Gasteiger charge is 2.42. The number of carbonyl (C=O) groups is 1. The maximum Gasteiger partial charge on any atom is 0.434 e. The summed E-state index contributed by atoms with van der Waals surface area (Å²) in [5.41, 5.74) is 0.819. The molecule has 1 amide bonds. The van der Waals surface area contributed by atoms with Gasteiger partial charge in [0, 0.05) is 12.3 Å². The van der Waals surface area contributed by atoms with Gasteiger partial charge < -0.3 is 34.2 Å². The van der Waals surface area contributed by atoms with E-state index in [0.717, 1.165) is 16.7 Å². The number of rotatable bonds is 15. The topological polar surface area (TPSA) is 202 Å². The summed E-state index contributed by atoms with van der Waals surface area (Å²) in [5, 5.41) is 22.9. The number of nitrogens with zero attached hydrogens (tertiary/aromatic N) is 7. The summed E-state index contributed by atoms with van der Waals surface area (Å²) >= 11 is 0. The van der Waals surface area contributed by atoms with Crippen molar-refractivity contribution >= 4 is 29.0 Å². The Balaban J connectivity index is 1.20. The molecule has 57 heavy (non-hydrogen) atoms. The highest BCUT2D eigenvalue weighted by Crippen LogP contribution is 2.43. The number of H-pyrrole nitrogens is 1. The fraction of sp³-hybridized carbons (Fsp3) is 0.325. The number of aliphatic hydroxyl groups is 1. The van der Waals surface area contributed by atoms with Gasteiger partial charge in [-0.25, -0.2) is 9.55 Å². The number of benzene rings is 3. The van der Waals surface area contributed by atoms with Crippen LogP contribution in [0.2, 0.25) is 0 Å². The Morgan fingerprint density at radius 1 is 1.02 bits per heavy atom. The Morgan fingerprint density at radius 2 is 1.65 bits per heavy atom. The first kappa shape index (κ1) is 38.8. The molecule has 7 rings (SSSR count). The smallest absolute Gasteiger partial charge is 0.434 e. The van der Waals surface area contributed by atoms with Gasteiger partial charge in [-0.15, -0.1) is 0 Å². The number of ether oxygens (including phenoxy) is 4.